The van der Waals surface area contributed by atoms with Crippen molar-refractivity contribution in [3.05, 3.63) is 51.8 Å². The smallest absolute Gasteiger partial charge is 0.415 e. The summed E-state index contributed by atoms with van der Waals surface area (Å²) in [6.07, 6.45) is -0.385. The number of nitrogens with one attached hydrogen (secondary N) is 1. The molecular weight excluding hydrogens is 380 g/mol. The molecule has 23 heavy (non-hydrogen) atoms. The van der Waals surface area contributed by atoms with E-state index in [1.54, 1.807) is 4.90 Å². The lowest BCUT2D eigenvalue weighted by Crippen LogP contribution is -2.35. The van der Waals surface area contributed by atoms with Crippen LogP contribution in [-0.2, 0) is 16.0 Å². The summed E-state index contributed by atoms with van der Waals surface area (Å²) in [6.45, 7) is 0.775. The number of amides is 2. The summed E-state index contributed by atoms with van der Waals surface area (Å²) in [4.78, 5) is 25.4. The summed E-state index contributed by atoms with van der Waals surface area (Å²) in [7, 11) is 0. The van der Waals surface area contributed by atoms with E-state index in [2.05, 4.69) is 21.2 Å². The van der Waals surface area contributed by atoms with E-state index < -0.39 is 0 Å². The van der Waals surface area contributed by atoms with Crippen LogP contribution in [0.1, 0.15) is 5.56 Å². The summed E-state index contributed by atoms with van der Waals surface area (Å²) >= 11 is 4.87. The van der Waals surface area contributed by atoms with Crippen LogP contribution in [0.3, 0.4) is 0 Å². The van der Waals surface area contributed by atoms with Gasteiger partial charge in [0, 0.05) is 4.47 Å². The normalized spacial score (nSPS) is 17.2. The molecule has 5 nitrogen and oxygen atoms in total. The lowest BCUT2D eigenvalue weighted by atomic mass is 10.1. The molecule has 0 saturated carbocycles. The van der Waals surface area contributed by atoms with Gasteiger partial charge in [-0.25, -0.2) is 4.79 Å². The van der Waals surface area contributed by atoms with Crippen molar-refractivity contribution >= 4 is 44.3 Å². The molecule has 2 aromatic rings. The fourth-order valence-electron chi connectivity index (χ4n) is 2.35. The number of cyclic esters (lactones) is 1. The van der Waals surface area contributed by atoms with E-state index in [0.717, 1.165) is 15.0 Å². The third-order valence-corrected chi connectivity index (χ3v) is 4.81. The molecule has 120 valence electrons. The maximum atomic E-state index is 12.0. The highest BCUT2D eigenvalue weighted by Gasteiger charge is 2.32. The average molecular weight is 395 g/mol. The number of thiophene rings is 1. The number of halogens is 1. The van der Waals surface area contributed by atoms with E-state index >= 15 is 0 Å². The molecular formula is C16H15BrN2O3S. The number of carbonyl (C=O) groups excluding carboxylic acids is 2. The molecule has 1 aromatic carbocycles. The van der Waals surface area contributed by atoms with E-state index in [4.69, 9.17) is 4.74 Å². The first-order valence-corrected chi connectivity index (χ1v) is 8.82. The van der Waals surface area contributed by atoms with E-state index in [9.17, 15) is 9.59 Å². The van der Waals surface area contributed by atoms with Crippen molar-refractivity contribution in [2.45, 2.75) is 12.5 Å². The predicted octanol–water partition coefficient (Wildman–Crippen LogP) is 3.19. The van der Waals surface area contributed by atoms with Crippen molar-refractivity contribution in [1.29, 1.82) is 0 Å². The molecule has 1 aromatic heterocycles. The van der Waals surface area contributed by atoms with Gasteiger partial charge < -0.3 is 10.1 Å². The Morgan fingerprint density at radius 1 is 1.39 bits per heavy atom. The third kappa shape index (κ3) is 4.11. The zero-order valence-electron chi connectivity index (χ0n) is 12.2. The molecule has 0 radical (unpaired) electrons. The minimum Gasteiger partial charge on any atom is -0.442 e. The van der Waals surface area contributed by atoms with Gasteiger partial charge in [0.05, 0.1) is 19.5 Å². The summed E-state index contributed by atoms with van der Waals surface area (Å²) in [6, 6.07) is 11.4. The maximum Gasteiger partial charge on any atom is 0.415 e. The molecule has 0 aliphatic carbocycles. The van der Waals surface area contributed by atoms with Gasteiger partial charge in [0.15, 0.2) is 0 Å². The Labute approximate surface area is 146 Å². The highest BCUT2D eigenvalue weighted by atomic mass is 79.9. The van der Waals surface area contributed by atoms with Crippen molar-refractivity contribution in [2.75, 3.05) is 18.0 Å². The van der Waals surface area contributed by atoms with Gasteiger partial charge in [-0.15, -0.1) is 11.3 Å². The first kappa shape index (κ1) is 16.0. The second-order valence-corrected chi connectivity index (χ2v) is 7.02. The average Bonchev–Trinajstić information content (AvgIpc) is 3.14. The second kappa shape index (κ2) is 7.14. The van der Waals surface area contributed by atoms with Crippen LogP contribution in [0, 0.1) is 0 Å². The van der Waals surface area contributed by atoms with Crippen molar-refractivity contribution in [1.82, 2.24) is 5.32 Å². The molecule has 2 heterocycles. The number of ether oxygens (including phenoxy) is 1. The van der Waals surface area contributed by atoms with Crippen LogP contribution in [0.5, 0.6) is 0 Å². The monoisotopic (exact) mass is 394 g/mol. The van der Waals surface area contributed by atoms with Gasteiger partial charge in [-0.1, -0.05) is 28.1 Å². The summed E-state index contributed by atoms with van der Waals surface area (Å²) in [5.41, 5.74) is 0.931. The number of hydrogen-bond acceptors (Lipinski definition) is 4. The molecule has 1 aliphatic rings. The van der Waals surface area contributed by atoms with Crippen molar-refractivity contribution < 1.29 is 14.3 Å². The lowest BCUT2D eigenvalue weighted by Gasteiger charge is -2.11. The van der Waals surface area contributed by atoms with Gasteiger partial charge in [0.25, 0.3) is 0 Å². The number of hydrogen-bond donors (Lipinski definition) is 1. The van der Waals surface area contributed by atoms with E-state index in [0.29, 0.717) is 19.5 Å². The molecule has 1 aliphatic heterocycles. The van der Waals surface area contributed by atoms with Gasteiger partial charge in [-0.3, -0.25) is 9.69 Å². The molecule has 1 N–H and O–H groups in total. The Bertz CT molecular complexity index is 705. The van der Waals surface area contributed by atoms with Gasteiger partial charge >= 0.3 is 6.09 Å². The van der Waals surface area contributed by atoms with Crippen LogP contribution in [0.2, 0.25) is 0 Å². The van der Waals surface area contributed by atoms with E-state index in [1.165, 1.54) is 11.3 Å². The van der Waals surface area contributed by atoms with Crippen molar-refractivity contribution in [3.63, 3.8) is 0 Å². The Morgan fingerprint density at radius 2 is 2.26 bits per heavy atom. The van der Waals surface area contributed by atoms with Crippen LogP contribution in [-0.4, -0.2) is 31.2 Å². The first-order valence-electron chi connectivity index (χ1n) is 7.14. The fourth-order valence-corrected chi connectivity index (χ4v) is 3.53. The van der Waals surface area contributed by atoms with Crippen LogP contribution < -0.4 is 10.2 Å². The predicted molar refractivity (Wildman–Crippen MR) is 92.8 cm³/mol. The Hall–Kier alpha value is -1.86. The van der Waals surface area contributed by atoms with Crippen molar-refractivity contribution in [2.24, 2.45) is 0 Å². The van der Waals surface area contributed by atoms with Gasteiger partial charge in [-0.2, -0.15) is 0 Å². The summed E-state index contributed by atoms with van der Waals surface area (Å²) in [5, 5.41) is 5.60. The number of anilines is 1. The number of rotatable bonds is 5. The van der Waals surface area contributed by atoms with Crippen LogP contribution >= 0.6 is 27.3 Å². The highest BCUT2D eigenvalue weighted by molar-refractivity contribution is 9.10. The van der Waals surface area contributed by atoms with E-state index in [-0.39, 0.29) is 18.1 Å². The van der Waals surface area contributed by atoms with Crippen molar-refractivity contribution in [3.8, 4) is 0 Å². The molecule has 7 heteroatoms. The molecule has 0 bridgehead atoms. The Morgan fingerprint density at radius 3 is 3.00 bits per heavy atom. The molecule has 1 unspecified atom stereocenters. The van der Waals surface area contributed by atoms with Gasteiger partial charge in [-0.05, 0) is 35.2 Å². The first-order chi connectivity index (χ1) is 11.1. The summed E-state index contributed by atoms with van der Waals surface area (Å²) in [5.74, 6) is -0.0891. The SMILES string of the molecule is O=C(Cc1cccc(Br)c1)NCC1CN(c2cccs2)C(=O)O1. The standard InChI is InChI=1S/C16H15BrN2O3S/c17-12-4-1-3-11(7-12)8-14(20)18-9-13-10-19(16(21)22-13)15-5-2-6-23-15/h1-7,13H,8-10H2,(H,18,20). The molecule has 0 spiro atoms. The topological polar surface area (TPSA) is 58.6 Å². The zero-order valence-corrected chi connectivity index (χ0v) is 14.6. The fraction of sp³-hybridized carbons (Fsp3) is 0.250. The molecule has 2 amide bonds. The minimum atomic E-state index is -0.362. The molecule has 3 rings (SSSR count). The maximum absolute atomic E-state index is 12.0. The largest absolute Gasteiger partial charge is 0.442 e. The highest BCUT2D eigenvalue weighted by Crippen LogP contribution is 2.26. The zero-order chi connectivity index (χ0) is 16.2. The van der Waals surface area contributed by atoms with Crippen LogP contribution in [0.15, 0.2) is 46.3 Å². The van der Waals surface area contributed by atoms with E-state index in [1.807, 2.05) is 41.8 Å². The number of nitrogens with zero attached hydrogens (tertiary/aromatic N) is 1. The summed E-state index contributed by atoms with van der Waals surface area (Å²) < 4.78 is 6.23. The lowest BCUT2D eigenvalue weighted by molar-refractivity contribution is -0.120. The Kier molecular flexibility index (Phi) is 4.97. The molecule has 1 saturated heterocycles. The molecule has 1 fully saturated rings. The van der Waals surface area contributed by atoms with Gasteiger partial charge in [0.2, 0.25) is 5.91 Å². The third-order valence-electron chi connectivity index (χ3n) is 3.43. The van der Waals surface area contributed by atoms with Crippen LogP contribution in [0.25, 0.3) is 0 Å². The number of benzene rings is 1. The number of carbonyl (C=O) groups is 2. The van der Waals surface area contributed by atoms with Gasteiger partial charge in [0.1, 0.15) is 11.1 Å². The quantitative estimate of drug-likeness (QED) is 0.846. The minimum absolute atomic E-state index is 0.0891. The Balaban J connectivity index is 1.49. The van der Waals surface area contributed by atoms with Crippen LogP contribution in [0.4, 0.5) is 9.80 Å². The second-order valence-electron chi connectivity index (χ2n) is 5.18. The molecule has 1 atom stereocenters.